The summed E-state index contributed by atoms with van der Waals surface area (Å²) in [5.74, 6) is 0.776. The lowest BCUT2D eigenvalue weighted by Gasteiger charge is -2.13. The number of aromatic amines is 1. The molecule has 3 aromatic rings. The summed E-state index contributed by atoms with van der Waals surface area (Å²) >= 11 is 1.33. The minimum absolute atomic E-state index is 0.0577. The Morgan fingerprint density at radius 2 is 2.18 bits per heavy atom. The first-order chi connectivity index (χ1) is 10.5. The second-order valence-electron chi connectivity index (χ2n) is 4.78. The Morgan fingerprint density at radius 3 is 2.82 bits per heavy atom. The van der Waals surface area contributed by atoms with E-state index in [0.29, 0.717) is 15.3 Å². The van der Waals surface area contributed by atoms with Crippen LogP contribution in [0.2, 0.25) is 0 Å². The minimum atomic E-state index is -4.36. The van der Waals surface area contributed by atoms with Crippen molar-refractivity contribution in [3.05, 3.63) is 42.0 Å². The Labute approximate surface area is 128 Å². The smallest absolute Gasteiger partial charge is 0.352 e. The molecule has 1 aromatic carbocycles. The molecule has 0 fully saturated rings. The summed E-state index contributed by atoms with van der Waals surface area (Å²) in [6, 6.07) is 3.55. The van der Waals surface area contributed by atoms with E-state index in [-0.39, 0.29) is 6.04 Å². The standard InChI is InChI=1S/C14H13F3N4S/c1-2-9(12-18-5-6-19-12)20-13-21-10-7-8(14(15,16)17)3-4-11(10)22-13/h3-7,9H,2H2,1H3,(H,18,19)(H,20,21)/t9-/m1/s1. The lowest BCUT2D eigenvalue weighted by atomic mass is 10.2. The molecule has 3 rings (SSSR count). The van der Waals surface area contributed by atoms with Crippen molar-refractivity contribution in [2.24, 2.45) is 0 Å². The van der Waals surface area contributed by atoms with Crippen molar-refractivity contribution >= 4 is 26.7 Å². The number of anilines is 1. The maximum atomic E-state index is 12.7. The number of hydrogen-bond acceptors (Lipinski definition) is 4. The Hall–Kier alpha value is -2.09. The SMILES string of the molecule is CC[C@@H](Nc1nc2cc(C(F)(F)F)ccc2s1)c1ncc[nH]1. The monoisotopic (exact) mass is 326 g/mol. The number of imidazole rings is 1. The third-order valence-corrected chi connectivity index (χ3v) is 4.24. The van der Waals surface area contributed by atoms with E-state index in [2.05, 4.69) is 20.3 Å². The molecule has 0 saturated carbocycles. The molecule has 1 atom stereocenters. The Kier molecular flexibility index (Phi) is 3.78. The molecule has 0 aliphatic carbocycles. The largest absolute Gasteiger partial charge is 0.416 e. The highest BCUT2D eigenvalue weighted by molar-refractivity contribution is 7.22. The van der Waals surface area contributed by atoms with Crippen LogP contribution in [-0.4, -0.2) is 15.0 Å². The van der Waals surface area contributed by atoms with Gasteiger partial charge in [0.25, 0.3) is 0 Å². The van der Waals surface area contributed by atoms with Crippen molar-refractivity contribution in [2.45, 2.75) is 25.6 Å². The van der Waals surface area contributed by atoms with Gasteiger partial charge in [0.1, 0.15) is 5.82 Å². The maximum Gasteiger partial charge on any atom is 0.416 e. The number of fused-ring (bicyclic) bond motifs is 1. The van der Waals surface area contributed by atoms with Gasteiger partial charge in [0, 0.05) is 12.4 Å². The highest BCUT2D eigenvalue weighted by Crippen LogP contribution is 2.34. The molecule has 0 aliphatic heterocycles. The van der Waals surface area contributed by atoms with Crippen molar-refractivity contribution < 1.29 is 13.2 Å². The highest BCUT2D eigenvalue weighted by atomic mass is 32.1. The van der Waals surface area contributed by atoms with E-state index < -0.39 is 11.7 Å². The van der Waals surface area contributed by atoms with Gasteiger partial charge in [-0.1, -0.05) is 18.3 Å². The Bertz CT molecular complexity index is 764. The van der Waals surface area contributed by atoms with Crippen molar-refractivity contribution in [3.8, 4) is 0 Å². The van der Waals surface area contributed by atoms with Crippen LogP contribution in [0.15, 0.2) is 30.6 Å². The molecular weight excluding hydrogens is 313 g/mol. The maximum absolute atomic E-state index is 12.7. The number of nitrogens with one attached hydrogen (secondary N) is 2. The van der Waals surface area contributed by atoms with Crippen LogP contribution in [0, 0.1) is 0 Å². The average Bonchev–Trinajstić information content (AvgIpc) is 3.11. The summed E-state index contributed by atoms with van der Waals surface area (Å²) in [6.45, 7) is 2.00. The van der Waals surface area contributed by atoms with E-state index in [4.69, 9.17) is 0 Å². The van der Waals surface area contributed by atoms with E-state index >= 15 is 0 Å². The van der Waals surface area contributed by atoms with Gasteiger partial charge < -0.3 is 10.3 Å². The molecule has 0 aliphatic rings. The molecule has 0 bridgehead atoms. The van der Waals surface area contributed by atoms with Crippen molar-refractivity contribution in [1.29, 1.82) is 0 Å². The number of rotatable bonds is 4. The first kappa shape index (κ1) is 14.8. The molecule has 0 amide bonds. The van der Waals surface area contributed by atoms with Crippen LogP contribution in [0.25, 0.3) is 10.2 Å². The predicted molar refractivity (Wildman–Crippen MR) is 79.9 cm³/mol. The fraction of sp³-hybridized carbons (Fsp3) is 0.286. The zero-order valence-electron chi connectivity index (χ0n) is 11.6. The Morgan fingerprint density at radius 1 is 1.36 bits per heavy atom. The van der Waals surface area contributed by atoms with Gasteiger partial charge in [-0.25, -0.2) is 9.97 Å². The fourth-order valence-corrected chi connectivity index (χ4v) is 3.05. The number of nitrogens with zero attached hydrogens (tertiary/aromatic N) is 2. The molecule has 0 spiro atoms. The third kappa shape index (κ3) is 2.92. The normalized spacial score (nSPS) is 13.5. The van der Waals surface area contributed by atoms with Crippen molar-refractivity contribution in [2.75, 3.05) is 5.32 Å². The van der Waals surface area contributed by atoms with Gasteiger partial charge in [0.2, 0.25) is 0 Å². The number of aromatic nitrogens is 3. The van der Waals surface area contributed by atoms with Crippen LogP contribution in [-0.2, 0) is 6.18 Å². The molecule has 2 aromatic heterocycles. The molecule has 116 valence electrons. The summed E-state index contributed by atoms with van der Waals surface area (Å²) in [5, 5.41) is 3.79. The molecule has 0 saturated heterocycles. The second kappa shape index (κ2) is 5.60. The lowest BCUT2D eigenvalue weighted by molar-refractivity contribution is -0.137. The number of thiazole rings is 1. The number of halogens is 3. The van der Waals surface area contributed by atoms with Gasteiger partial charge in [-0.2, -0.15) is 13.2 Å². The van der Waals surface area contributed by atoms with Crippen molar-refractivity contribution in [3.63, 3.8) is 0 Å². The van der Waals surface area contributed by atoms with Gasteiger partial charge in [-0.05, 0) is 24.6 Å². The van der Waals surface area contributed by atoms with Crippen LogP contribution in [0.5, 0.6) is 0 Å². The van der Waals surface area contributed by atoms with Crippen LogP contribution in [0.4, 0.5) is 18.3 Å². The van der Waals surface area contributed by atoms with Crippen LogP contribution in [0.3, 0.4) is 0 Å². The second-order valence-corrected chi connectivity index (χ2v) is 5.81. The molecule has 2 heterocycles. The predicted octanol–water partition coefficient (Wildman–Crippen LogP) is 4.60. The van der Waals surface area contributed by atoms with Gasteiger partial charge in [0.05, 0.1) is 21.8 Å². The molecule has 4 nitrogen and oxygen atoms in total. The van der Waals surface area contributed by atoms with Gasteiger partial charge in [0.15, 0.2) is 5.13 Å². The number of H-pyrrole nitrogens is 1. The average molecular weight is 326 g/mol. The highest BCUT2D eigenvalue weighted by Gasteiger charge is 2.30. The van der Waals surface area contributed by atoms with Gasteiger partial charge in [-0.15, -0.1) is 0 Å². The summed E-state index contributed by atoms with van der Waals surface area (Å²) in [5.41, 5.74) is -0.341. The zero-order chi connectivity index (χ0) is 15.7. The fourth-order valence-electron chi connectivity index (χ4n) is 2.15. The van der Waals surface area contributed by atoms with E-state index in [0.717, 1.165) is 24.4 Å². The lowest BCUT2D eigenvalue weighted by Crippen LogP contribution is -2.11. The third-order valence-electron chi connectivity index (χ3n) is 3.27. The molecule has 8 heteroatoms. The van der Waals surface area contributed by atoms with E-state index in [9.17, 15) is 13.2 Å². The number of hydrogen-bond donors (Lipinski definition) is 2. The van der Waals surface area contributed by atoms with Crippen LogP contribution < -0.4 is 5.32 Å². The summed E-state index contributed by atoms with van der Waals surface area (Å²) in [6.07, 6.45) is -0.190. The number of benzene rings is 1. The summed E-state index contributed by atoms with van der Waals surface area (Å²) in [4.78, 5) is 11.5. The number of alkyl halides is 3. The van der Waals surface area contributed by atoms with E-state index in [1.807, 2.05) is 6.92 Å². The first-order valence-corrected chi connectivity index (χ1v) is 7.52. The minimum Gasteiger partial charge on any atom is -0.352 e. The molecule has 0 unspecified atom stereocenters. The van der Waals surface area contributed by atoms with Gasteiger partial charge >= 0.3 is 6.18 Å². The zero-order valence-corrected chi connectivity index (χ0v) is 12.4. The van der Waals surface area contributed by atoms with Crippen LogP contribution >= 0.6 is 11.3 Å². The molecular formula is C14H13F3N4S. The molecule has 0 radical (unpaired) electrons. The van der Waals surface area contributed by atoms with Crippen LogP contribution in [0.1, 0.15) is 30.8 Å². The molecule has 2 N–H and O–H groups in total. The van der Waals surface area contributed by atoms with Crippen molar-refractivity contribution in [1.82, 2.24) is 15.0 Å². The van der Waals surface area contributed by atoms with E-state index in [1.165, 1.54) is 17.4 Å². The van der Waals surface area contributed by atoms with Gasteiger partial charge in [-0.3, -0.25) is 0 Å². The summed E-state index contributed by atoms with van der Waals surface area (Å²) < 4.78 is 38.9. The first-order valence-electron chi connectivity index (χ1n) is 6.71. The Balaban J connectivity index is 1.88. The topological polar surface area (TPSA) is 53.6 Å². The summed E-state index contributed by atoms with van der Waals surface area (Å²) in [7, 11) is 0. The molecule has 22 heavy (non-hydrogen) atoms. The van der Waals surface area contributed by atoms with E-state index in [1.54, 1.807) is 12.4 Å². The quantitative estimate of drug-likeness (QED) is 0.736.